The number of aryl methyl sites for hydroxylation is 2. The Hall–Kier alpha value is -1.35. The van der Waals surface area contributed by atoms with Crippen LogP contribution in [-0.2, 0) is 11.2 Å². The third kappa shape index (κ3) is 3.57. The molecule has 0 aromatic heterocycles. The lowest BCUT2D eigenvalue weighted by atomic mass is 10.1. The summed E-state index contributed by atoms with van der Waals surface area (Å²) in [5, 5.41) is 6.23. The van der Waals surface area contributed by atoms with Gasteiger partial charge in [-0.2, -0.15) is 0 Å². The second-order valence-corrected chi connectivity index (χ2v) is 5.09. The Morgan fingerprint density at radius 2 is 2.17 bits per heavy atom. The summed E-state index contributed by atoms with van der Waals surface area (Å²) in [7, 11) is 0. The highest BCUT2D eigenvalue weighted by atomic mass is 16.1. The van der Waals surface area contributed by atoms with E-state index in [2.05, 4.69) is 23.6 Å². The summed E-state index contributed by atoms with van der Waals surface area (Å²) in [6, 6.07) is 6.14. The van der Waals surface area contributed by atoms with Gasteiger partial charge in [-0.25, -0.2) is 0 Å². The Kier molecular flexibility index (Phi) is 4.37. The number of benzene rings is 1. The molecule has 18 heavy (non-hydrogen) atoms. The summed E-state index contributed by atoms with van der Waals surface area (Å²) in [6.45, 7) is 5.53. The number of para-hydroxylation sites is 1. The first kappa shape index (κ1) is 13.1. The van der Waals surface area contributed by atoms with Crippen LogP contribution in [-0.4, -0.2) is 19.0 Å². The van der Waals surface area contributed by atoms with Gasteiger partial charge in [0.15, 0.2) is 0 Å². The van der Waals surface area contributed by atoms with Crippen LogP contribution in [0.3, 0.4) is 0 Å². The highest BCUT2D eigenvalue weighted by molar-refractivity contribution is 5.93. The van der Waals surface area contributed by atoms with Crippen LogP contribution in [0.25, 0.3) is 0 Å². The van der Waals surface area contributed by atoms with E-state index in [1.54, 1.807) is 0 Å². The monoisotopic (exact) mass is 246 g/mol. The minimum atomic E-state index is 0.0552. The average Bonchev–Trinajstić information content (AvgIpc) is 3.16. The van der Waals surface area contributed by atoms with Gasteiger partial charge in [0.2, 0.25) is 5.91 Å². The van der Waals surface area contributed by atoms with Crippen LogP contribution in [0.1, 0.15) is 30.9 Å². The second kappa shape index (κ2) is 6.01. The van der Waals surface area contributed by atoms with Gasteiger partial charge in [-0.15, -0.1) is 0 Å². The van der Waals surface area contributed by atoms with Gasteiger partial charge in [0.05, 0.1) is 6.54 Å². The molecule has 0 atom stereocenters. The van der Waals surface area contributed by atoms with Gasteiger partial charge in [0.25, 0.3) is 0 Å². The van der Waals surface area contributed by atoms with Crippen molar-refractivity contribution in [3.05, 3.63) is 29.3 Å². The Balaban J connectivity index is 1.88. The zero-order chi connectivity index (χ0) is 13.0. The molecular formula is C15H22N2O. The molecule has 3 heteroatoms. The number of amides is 1. The van der Waals surface area contributed by atoms with Crippen molar-refractivity contribution in [3.8, 4) is 0 Å². The van der Waals surface area contributed by atoms with Gasteiger partial charge in [0.1, 0.15) is 0 Å². The number of hydrogen-bond acceptors (Lipinski definition) is 2. The third-order valence-electron chi connectivity index (χ3n) is 3.42. The van der Waals surface area contributed by atoms with Crippen LogP contribution in [0.5, 0.6) is 0 Å². The fourth-order valence-corrected chi connectivity index (χ4v) is 2.10. The fraction of sp³-hybridized carbons (Fsp3) is 0.533. The molecule has 1 saturated carbocycles. The highest BCUT2D eigenvalue weighted by Crippen LogP contribution is 2.27. The van der Waals surface area contributed by atoms with Crippen LogP contribution in [0.15, 0.2) is 18.2 Å². The van der Waals surface area contributed by atoms with E-state index in [9.17, 15) is 4.79 Å². The number of carbonyl (C=O) groups excluding carboxylic acids is 1. The summed E-state index contributed by atoms with van der Waals surface area (Å²) < 4.78 is 0. The van der Waals surface area contributed by atoms with E-state index in [0.29, 0.717) is 6.54 Å². The Bertz CT molecular complexity index is 425. The maximum atomic E-state index is 11.9. The molecule has 2 N–H and O–H groups in total. The lowest BCUT2D eigenvalue weighted by molar-refractivity contribution is -0.115. The molecular weight excluding hydrogens is 224 g/mol. The quantitative estimate of drug-likeness (QED) is 0.809. The molecule has 1 aromatic carbocycles. The van der Waals surface area contributed by atoms with Crippen molar-refractivity contribution in [2.24, 2.45) is 5.92 Å². The van der Waals surface area contributed by atoms with Crippen LogP contribution in [0.2, 0.25) is 0 Å². The minimum absolute atomic E-state index is 0.0552. The summed E-state index contributed by atoms with van der Waals surface area (Å²) in [5.41, 5.74) is 3.31. The molecule has 1 amide bonds. The first-order valence-corrected chi connectivity index (χ1v) is 6.79. The van der Waals surface area contributed by atoms with E-state index in [0.717, 1.165) is 30.1 Å². The van der Waals surface area contributed by atoms with E-state index in [1.165, 1.54) is 18.4 Å². The van der Waals surface area contributed by atoms with Gasteiger partial charge in [-0.05, 0) is 49.8 Å². The first-order valence-electron chi connectivity index (χ1n) is 6.79. The van der Waals surface area contributed by atoms with Gasteiger partial charge in [0, 0.05) is 5.69 Å². The third-order valence-corrected chi connectivity index (χ3v) is 3.42. The average molecular weight is 246 g/mol. The molecule has 0 heterocycles. The second-order valence-electron chi connectivity index (χ2n) is 5.09. The van der Waals surface area contributed by atoms with Crippen molar-refractivity contribution in [1.82, 2.24) is 5.32 Å². The molecule has 0 unspecified atom stereocenters. The van der Waals surface area contributed by atoms with E-state index in [1.807, 2.05) is 19.1 Å². The molecule has 98 valence electrons. The number of nitrogens with one attached hydrogen (secondary N) is 2. The SMILES string of the molecule is CCc1cccc(C)c1NC(=O)CNCC1CC1. The number of hydrogen-bond donors (Lipinski definition) is 2. The van der Waals surface area contributed by atoms with Gasteiger partial charge >= 0.3 is 0 Å². The Morgan fingerprint density at radius 3 is 2.83 bits per heavy atom. The predicted octanol–water partition coefficient (Wildman–Crippen LogP) is 2.50. The molecule has 0 saturated heterocycles. The van der Waals surface area contributed by atoms with Crippen LogP contribution >= 0.6 is 0 Å². The number of anilines is 1. The molecule has 0 spiro atoms. The molecule has 0 bridgehead atoms. The van der Waals surface area contributed by atoms with Crippen LogP contribution in [0, 0.1) is 12.8 Å². The maximum absolute atomic E-state index is 11.9. The van der Waals surface area contributed by atoms with Crippen molar-refractivity contribution in [1.29, 1.82) is 0 Å². The van der Waals surface area contributed by atoms with Gasteiger partial charge < -0.3 is 10.6 Å². The van der Waals surface area contributed by atoms with E-state index in [4.69, 9.17) is 0 Å². The lowest BCUT2D eigenvalue weighted by Gasteiger charge is -2.13. The van der Waals surface area contributed by atoms with Crippen molar-refractivity contribution in [2.75, 3.05) is 18.4 Å². The standard InChI is InChI=1S/C15H22N2O/c1-3-13-6-4-5-11(2)15(13)17-14(18)10-16-9-12-7-8-12/h4-6,12,16H,3,7-10H2,1-2H3,(H,17,18). The highest BCUT2D eigenvalue weighted by Gasteiger charge is 2.20. The molecule has 0 aliphatic heterocycles. The van der Waals surface area contributed by atoms with E-state index in [-0.39, 0.29) is 5.91 Å². The Morgan fingerprint density at radius 1 is 1.39 bits per heavy atom. The lowest BCUT2D eigenvalue weighted by Crippen LogP contribution is -2.30. The summed E-state index contributed by atoms with van der Waals surface area (Å²) in [5.74, 6) is 0.863. The maximum Gasteiger partial charge on any atom is 0.238 e. The van der Waals surface area contributed by atoms with E-state index >= 15 is 0 Å². The molecule has 1 aliphatic rings. The molecule has 1 fully saturated rings. The zero-order valence-electron chi connectivity index (χ0n) is 11.3. The predicted molar refractivity (Wildman–Crippen MR) is 74.8 cm³/mol. The summed E-state index contributed by atoms with van der Waals surface area (Å²) >= 11 is 0. The van der Waals surface area contributed by atoms with Crippen molar-refractivity contribution >= 4 is 11.6 Å². The van der Waals surface area contributed by atoms with Crippen molar-refractivity contribution in [3.63, 3.8) is 0 Å². The molecule has 3 nitrogen and oxygen atoms in total. The number of carbonyl (C=O) groups is 1. The summed E-state index contributed by atoms with van der Waals surface area (Å²) in [6.07, 6.45) is 3.56. The summed E-state index contributed by atoms with van der Waals surface area (Å²) in [4.78, 5) is 11.9. The Labute approximate surface area is 109 Å². The van der Waals surface area contributed by atoms with Crippen LogP contribution < -0.4 is 10.6 Å². The van der Waals surface area contributed by atoms with E-state index < -0.39 is 0 Å². The smallest absolute Gasteiger partial charge is 0.238 e. The number of rotatable bonds is 6. The van der Waals surface area contributed by atoms with Crippen molar-refractivity contribution in [2.45, 2.75) is 33.1 Å². The van der Waals surface area contributed by atoms with Gasteiger partial charge in [-0.3, -0.25) is 4.79 Å². The fourth-order valence-electron chi connectivity index (χ4n) is 2.10. The molecule has 1 aromatic rings. The topological polar surface area (TPSA) is 41.1 Å². The molecule has 0 radical (unpaired) electrons. The first-order chi connectivity index (χ1) is 8.70. The normalized spacial score (nSPS) is 14.6. The van der Waals surface area contributed by atoms with Crippen LogP contribution in [0.4, 0.5) is 5.69 Å². The molecule has 2 rings (SSSR count). The van der Waals surface area contributed by atoms with Crippen molar-refractivity contribution < 1.29 is 4.79 Å². The van der Waals surface area contributed by atoms with Gasteiger partial charge in [-0.1, -0.05) is 25.1 Å². The molecule has 1 aliphatic carbocycles. The zero-order valence-corrected chi connectivity index (χ0v) is 11.3. The largest absolute Gasteiger partial charge is 0.324 e. The minimum Gasteiger partial charge on any atom is -0.324 e.